The van der Waals surface area contributed by atoms with Gasteiger partial charge in [0.2, 0.25) is 0 Å². The van der Waals surface area contributed by atoms with Crippen molar-refractivity contribution in [2.45, 2.75) is 0 Å². The maximum Gasteiger partial charge on any atom is 0.409 e. The van der Waals surface area contributed by atoms with E-state index in [-0.39, 0.29) is 16.8 Å². The van der Waals surface area contributed by atoms with Gasteiger partial charge in [-0.3, -0.25) is 14.9 Å². The van der Waals surface area contributed by atoms with Crippen molar-refractivity contribution in [2.24, 2.45) is 0 Å². The minimum atomic E-state index is -1.29. The zero-order chi connectivity index (χ0) is 15.0. The van der Waals surface area contributed by atoms with Crippen molar-refractivity contribution < 1.29 is 19.5 Å². The Morgan fingerprint density at radius 2 is 1.67 bits per heavy atom. The van der Waals surface area contributed by atoms with E-state index in [0.717, 1.165) is 4.90 Å². The Bertz CT molecular complexity index is 756. The fourth-order valence-corrected chi connectivity index (χ4v) is 2.32. The number of nitrogens with zero attached hydrogens (tertiary/aromatic N) is 1. The Morgan fingerprint density at radius 3 is 2.33 bits per heavy atom. The van der Waals surface area contributed by atoms with Crippen LogP contribution in [0.25, 0.3) is 0 Å². The molecule has 0 radical (unpaired) electrons. The molecule has 0 spiro atoms. The second-order valence-corrected chi connectivity index (χ2v) is 4.44. The molecule has 0 bridgehead atoms. The number of benzene rings is 2. The van der Waals surface area contributed by atoms with Gasteiger partial charge in [0.25, 0.3) is 11.8 Å². The summed E-state index contributed by atoms with van der Waals surface area (Å²) in [5, 5.41) is 11.0. The number of amides is 3. The molecule has 0 fully saturated rings. The van der Waals surface area contributed by atoms with E-state index in [1.807, 2.05) is 0 Å². The highest BCUT2D eigenvalue weighted by Crippen LogP contribution is 2.32. The second-order valence-electron chi connectivity index (χ2n) is 4.44. The summed E-state index contributed by atoms with van der Waals surface area (Å²) < 4.78 is 0. The van der Waals surface area contributed by atoms with Crippen LogP contribution in [0.5, 0.6) is 0 Å². The van der Waals surface area contributed by atoms with Crippen LogP contribution in [0.15, 0.2) is 48.5 Å². The zero-order valence-corrected chi connectivity index (χ0v) is 10.7. The van der Waals surface area contributed by atoms with Gasteiger partial charge in [-0.25, -0.2) is 9.69 Å². The summed E-state index contributed by atoms with van der Waals surface area (Å²) in [7, 11) is 0. The molecular formula is C15H10N2O4. The average molecular weight is 282 g/mol. The number of para-hydroxylation sites is 1. The van der Waals surface area contributed by atoms with E-state index in [2.05, 4.69) is 5.32 Å². The Morgan fingerprint density at radius 1 is 0.952 bits per heavy atom. The van der Waals surface area contributed by atoms with E-state index in [1.165, 1.54) is 18.2 Å². The van der Waals surface area contributed by atoms with Gasteiger partial charge in [0.1, 0.15) is 0 Å². The number of carboxylic acid groups (broad SMARTS) is 1. The van der Waals surface area contributed by atoms with Crippen LogP contribution in [-0.4, -0.2) is 23.0 Å². The van der Waals surface area contributed by atoms with Crippen LogP contribution >= 0.6 is 0 Å². The molecule has 0 saturated carbocycles. The monoisotopic (exact) mass is 282 g/mol. The van der Waals surface area contributed by atoms with Crippen molar-refractivity contribution in [2.75, 3.05) is 10.2 Å². The lowest BCUT2D eigenvalue weighted by Gasteiger charge is -2.13. The first-order valence-corrected chi connectivity index (χ1v) is 6.16. The van der Waals surface area contributed by atoms with Crippen molar-refractivity contribution in [1.82, 2.24) is 0 Å². The molecule has 2 aromatic rings. The fraction of sp³-hybridized carbons (Fsp3) is 0. The third-order valence-corrected chi connectivity index (χ3v) is 3.17. The van der Waals surface area contributed by atoms with Gasteiger partial charge in [-0.15, -0.1) is 0 Å². The quantitative estimate of drug-likeness (QED) is 0.829. The number of anilines is 2. The number of hydrogen-bond acceptors (Lipinski definition) is 3. The standard InChI is InChI=1S/C15H10N2O4/c18-13-10-7-4-8-11(16-15(20)21)12(10)14(19)17(13)9-5-2-1-3-6-9/h1-8,16H,(H,20,21). The van der Waals surface area contributed by atoms with Crippen molar-refractivity contribution in [3.05, 3.63) is 59.7 Å². The lowest BCUT2D eigenvalue weighted by Crippen LogP contribution is -2.29. The minimum absolute atomic E-state index is 0.0775. The first-order chi connectivity index (χ1) is 10.1. The van der Waals surface area contributed by atoms with Gasteiger partial charge in [-0.2, -0.15) is 0 Å². The predicted octanol–water partition coefficient (Wildman–Crippen LogP) is 2.58. The van der Waals surface area contributed by atoms with Gasteiger partial charge in [0.05, 0.1) is 22.5 Å². The molecule has 1 heterocycles. The summed E-state index contributed by atoms with van der Waals surface area (Å²) in [5.74, 6) is -0.999. The third-order valence-electron chi connectivity index (χ3n) is 3.17. The van der Waals surface area contributed by atoms with Gasteiger partial charge < -0.3 is 5.11 Å². The highest BCUT2D eigenvalue weighted by Gasteiger charge is 2.38. The predicted molar refractivity (Wildman–Crippen MR) is 75.7 cm³/mol. The Kier molecular flexibility index (Phi) is 2.91. The van der Waals surface area contributed by atoms with E-state index in [9.17, 15) is 14.4 Å². The van der Waals surface area contributed by atoms with Crippen LogP contribution in [0.4, 0.5) is 16.2 Å². The number of nitrogens with one attached hydrogen (secondary N) is 1. The summed E-state index contributed by atoms with van der Waals surface area (Å²) in [6.45, 7) is 0. The zero-order valence-electron chi connectivity index (χ0n) is 10.7. The lowest BCUT2D eigenvalue weighted by molar-refractivity contribution is 0.0926. The molecule has 1 aliphatic heterocycles. The highest BCUT2D eigenvalue weighted by atomic mass is 16.4. The van der Waals surface area contributed by atoms with Gasteiger partial charge in [0.15, 0.2) is 0 Å². The van der Waals surface area contributed by atoms with Crippen LogP contribution in [0.1, 0.15) is 20.7 Å². The van der Waals surface area contributed by atoms with E-state index in [4.69, 9.17) is 5.11 Å². The largest absolute Gasteiger partial charge is 0.465 e. The minimum Gasteiger partial charge on any atom is -0.465 e. The van der Waals surface area contributed by atoms with Crippen molar-refractivity contribution in [3.8, 4) is 0 Å². The summed E-state index contributed by atoms with van der Waals surface area (Å²) in [6, 6.07) is 13.0. The maximum absolute atomic E-state index is 12.5. The summed E-state index contributed by atoms with van der Waals surface area (Å²) >= 11 is 0. The van der Waals surface area contributed by atoms with Gasteiger partial charge in [-0.1, -0.05) is 24.3 Å². The highest BCUT2D eigenvalue weighted by molar-refractivity contribution is 6.36. The molecule has 0 atom stereocenters. The van der Waals surface area contributed by atoms with Crippen LogP contribution in [0.3, 0.4) is 0 Å². The van der Waals surface area contributed by atoms with Crippen molar-refractivity contribution in [1.29, 1.82) is 0 Å². The molecular weight excluding hydrogens is 272 g/mol. The first kappa shape index (κ1) is 12.9. The summed E-state index contributed by atoms with van der Waals surface area (Å²) in [4.78, 5) is 36.7. The van der Waals surface area contributed by atoms with E-state index in [1.54, 1.807) is 30.3 Å². The van der Waals surface area contributed by atoms with E-state index in [0.29, 0.717) is 5.69 Å². The topological polar surface area (TPSA) is 86.7 Å². The molecule has 104 valence electrons. The van der Waals surface area contributed by atoms with Gasteiger partial charge in [-0.05, 0) is 24.3 Å². The summed E-state index contributed by atoms with van der Waals surface area (Å²) in [6.07, 6.45) is -1.29. The molecule has 2 aromatic carbocycles. The smallest absolute Gasteiger partial charge is 0.409 e. The van der Waals surface area contributed by atoms with Crippen molar-refractivity contribution >= 4 is 29.3 Å². The molecule has 6 heteroatoms. The normalized spacial score (nSPS) is 13.2. The fourth-order valence-electron chi connectivity index (χ4n) is 2.32. The molecule has 2 N–H and O–H groups in total. The Hall–Kier alpha value is -3.15. The van der Waals surface area contributed by atoms with Crippen LogP contribution in [0, 0.1) is 0 Å². The average Bonchev–Trinajstić information content (AvgIpc) is 2.72. The Balaban J connectivity index is 2.11. The molecule has 6 nitrogen and oxygen atoms in total. The number of fused-ring (bicyclic) bond motifs is 1. The lowest BCUT2D eigenvalue weighted by atomic mass is 10.1. The number of rotatable bonds is 2. The molecule has 0 aromatic heterocycles. The number of carbonyl (C=O) groups excluding carboxylic acids is 2. The number of imide groups is 1. The molecule has 1 aliphatic rings. The second kappa shape index (κ2) is 4.75. The van der Waals surface area contributed by atoms with Crippen LogP contribution < -0.4 is 10.2 Å². The van der Waals surface area contributed by atoms with Crippen molar-refractivity contribution in [3.63, 3.8) is 0 Å². The third kappa shape index (κ3) is 2.02. The summed E-state index contributed by atoms with van der Waals surface area (Å²) in [5.41, 5.74) is 0.825. The molecule has 0 aliphatic carbocycles. The van der Waals surface area contributed by atoms with Gasteiger partial charge in [0, 0.05) is 0 Å². The number of hydrogen-bond donors (Lipinski definition) is 2. The van der Waals surface area contributed by atoms with Crippen LogP contribution in [-0.2, 0) is 0 Å². The van der Waals surface area contributed by atoms with Gasteiger partial charge >= 0.3 is 6.09 Å². The molecule has 0 saturated heterocycles. The molecule has 21 heavy (non-hydrogen) atoms. The van der Waals surface area contributed by atoms with E-state index < -0.39 is 17.9 Å². The molecule has 3 amide bonds. The SMILES string of the molecule is O=C(O)Nc1cccc2c1C(=O)N(c1ccccc1)C2=O. The number of carbonyl (C=O) groups is 3. The van der Waals surface area contributed by atoms with Crippen LogP contribution in [0.2, 0.25) is 0 Å². The Labute approximate surface area is 119 Å². The molecule has 0 unspecified atom stereocenters. The maximum atomic E-state index is 12.5. The molecule has 3 rings (SSSR count). The van der Waals surface area contributed by atoms with E-state index >= 15 is 0 Å². The first-order valence-electron chi connectivity index (χ1n) is 6.16.